The molecule has 1 aliphatic heterocycles. The zero-order chi connectivity index (χ0) is 12.1. The van der Waals surface area contributed by atoms with E-state index in [1.54, 1.807) is 12.0 Å². The molecule has 1 rings (SSSR count). The molecule has 4 nitrogen and oxygen atoms in total. The minimum absolute atomic E-state index is 0.0851. The van der Waals surface area contributed by atoms with Gasteiger partial charge in [0.1, 0.15) is 0 Å². The van der Waals surface area contributed by atoms with Crippen LogP contribution in [0.3, 0.4) is 0 Å². The van der Waals surface area contributed by atoms with Crippen molar-refractivity contribution < 1.29 is 9.53 Å². The molecular weight excluding hydrogens is 204 g/mol. The lowest BCUT2D eigenvalue weighted by Gasteiger charge is -2.30. The number of amides is 1. The van der Waals surface area contributed by atoms with E-state index < -0.39 is 0 Å². The molecule has 1 atom stereocenters. The highest BCUT2D eigenvalue weighted by molar-refractivity contribution is 5.82. The molecule has 0 radical (unpaired) electrons. The number of hydrogen-bond donors (Lipinski definition) is 0. The topological polar surface area (TPSA) is 32.8 Å². The maximum atomic E-state index is 12.2. The second-order valence-electron chi connectivity index (χ2n) is 4.74. The minimum Gasteiger partial charge on any atom is -0.383 e. The minimum atomic E-state index is 0.0851. The van der Waals surface area contributed by atoms with E-state index in [1.807, 2.05) is 7.05 Å². The van der Waals surface area contributed by atoms with Crippen LogP contribution in [0.2, 0.25) is 0 Å². The van der Waals surface area contributed by atoms with Gasteiger partial charge in [0, 0.05) is 26.7 Å². The quantitative estimate of drug-likeness (QED) is 0.703. The highest BCUT2D eigenvalue weighted by Gasteiger charge is 2.33. The van der Waals surface area contributed by atoms with Gasteiger partial charge < -0.3 is 9.64 Å². The number of likely N-dealkylation sites (N-methyl/N-ethyl adjacent to an activating group) is 1. The van der Waals surface area contributed by atoms with E-state index in [9.17, 15) is 4.79 Å². The Bertz CT molecular complexity index is 231. The Kier molecular flexibility index (Phi) is 5.22. The molecule has 0 N–H and O–H groups in total. The molecule has 1 fully saturated rings. The van der Waals surface area contributed by atoms with E-state index in [-0.39, 0.29) is 11.9 Å². The van der Waals surface area contributed by atoms with Gasteiger partial charge in [0.2, 0.25) is 5.91 Å². The van der Waals surface area contributed by atoms with Crippen molar-refractivity contribution in [2.75, 3.05) is 33.9 Å². The van der Waals surface area contributed by atoms with Gasteiger partial charge in [-0.05, 0) is 33.2 Å². The molecule has 0 aromatic heterocycles. The fourth-order valence-corrected chi connectivity index (χ4v) is 2.27. The molecule has 0 saturated carbocycles. The number of hydrogen-bond acceptors (Lipinski definition) is 3. The smallest absolute Gasteiger partial charge is 0.239 e. The van der Waals surface area contributed by atoms with E-state index in [4.69, 9.17) is 4.74 Å². The van der Waals surface area contributed by atoms with Crippen LogP contribution in [0, 0.1) is 0 Å². The Morgan fingerprint density at radius 2 is 2.25 bits per heavy atom. The van der Waals surface area contributed by atoms with Crippen LogP contribution in [0.4, 0.5) is 0 Å². The van der Waals surface area contributed by atoms with Crippen molar-refractivity contribution in [1.82, 2.24) is 9.80 Å². The fraction of sp³-hybridized carbons (Fsp3) is 0.917. The summed E-state index contributed by atoms with van der Waals surface area (Å²) in [5, 5.41) is 0. The molecular formula is C12H24N2O2. The number of carbonyl (C=O) groups excluding carboxylic acids is 1. The van der Waals surface area contributed by atoms with Crippen LogP contribution >= 0.6 is 0 Å². The number of likely N-dealkylation sites (tertiary alicyclic amines) is 1. The lowest BCUT2D eigenvalue weighted by atomic mass is 10.1. The van der Waals surface area contributed by atoms with Gasteiger partial charge >= 0.3 is 0 Å². The Labute approximate surface area is 98.5 Å². The van der Waals surface area contributed by atoms with Gasteiger partial charge in [-0.15, -0.1) is 0 Å². The zero-order valence-electron chi connectivity index (χ0n) is 10.9. The lowest BCUT2D eigenvalue weighted by Crippen LogP contribution is -2.47. The normalized spacial score (nSPS) is 21.7. The maximum Gasteiger partial charge on any atom is 0.239 e. The summed E-state index contributed by atoms with van der Waals surface area (Å²) in [7, 11) is 3.52. The number of ether oxygens (including phenoxy) is 1. The highest BCUT2D eigenvalue weighted by atomic mass is 16.5. The molecule has 0 bridgehead atoms. The molecule has 1 heterocycles. The zero-order valence-corrected chi connectivity index (χ0v) is 10.9. The van der Waals surface area contributed by atoms with Crippen molar-refractivity contribution in [3.63, 3.8) is 0 Å². The van der Waals surface area contributed by atoms with Gasteiger partial charge in [-0.3, -0.25) is 9.69 Å². The van der Waals surface area contributed by atoms with Gasteiger partial charge in [0.05, 0.1) is 12.6 Å². The molecule has 0 unspecified atom stereocenters. The maximum absolute atomic E-state index is 12.2. The second-order valence-corrected chi connectivity index (χ2v) is 4.74. The molecule has 0 aliphatic carbocycles. The SMILES string of the molecule is COCCN(C)C(=O)[C@@H]1CCCN1C(C)C. The van der Waals surface area contributed by atoms with Crippen molar-refractivity contribution in [2.24, 2.45) is 0 Å². The van der Waals surface area contributed by atoms with Gasteiger partial charge in [-0.1, -0.05) is 0 Å². The summed E-state index contributed by atoms with van der Waals surface area (Å²) in [5.74, 6) is 0.239. The summed E-state index contributed by atoms with van der Waals surface area (Å²) in [6.07, 6.45) is 2.13. The van der Waals surface area contributed by atoms with Crippen molar-refractivity contribution in [3.8, 4) is 0 Å². The predicted octanol–water partition coefficient (Wildman–Crippen LogP) is 0.964. The van der Waals surface area contributed by atoms with Crippen molar-refractivity contribution in [3.05, 3.63) is 0 Å². The van der Waals surface area contributed by atoms with Crippen LogP contribution < -0.4 is 0 Å². The van der Waals surface area contributed by atoms with Crippen LogP contribution in [0.1, 0.15) is 26.7 Å². The summed E-state index contributed by atoms with van der Waals surface area (Å²) >= 11 is 0. The largest absolute Gasteiger partial charge is 0.383 e. The summed E-state index contributed by atoms with van der Waals surface area (Å²) in [4.78, 5) is 16.3. The van der Waals surface area contributed by atoms with E-state index in [1.165, 1.54) is 0 Å². The first-order valence-electron chi connectivity index (χ1n) is 6.07. The molecule has 0 aromatic carbocycles. The van der Waals surface area contributed by atoms with Crippen molar-refractivity contribution in [1.29, 1.82) is 0 Å². The fourth-order valence-electron chi connectivity index (χ4n) is 2.27. The molecule has 1 saturated heterocycles. The average molecular weight is 228 g/mol. The number of rotatable bonds is 5. The molecule has 0 spiro atoms. The number of methoxy groups -OCH3 is 1. The molecule has 1 aliphatic rings. The number of carbonyl (C=O) groups is 1. The van der Waals surface area contributed by atoms with Crippen LogP contribution in [0.5, 0.6) is 0 Å². The standard InChI is InChI=1S/C12H24N2O2/c1-10(2)14-7-5-6-11(14)12(15)13(3)8-9-16-4/h10-11H,5-9H2,1-4H3/t11-/m0/s1. The predicted molar refractivity (Wildman–Crippen MR) is 64.4 cm³/mol. The lowest BCUT2D eigenvalue weighted by molar-refractivity contribution is -0.135. The molecule has 16 heavy (non-hydrogen) atoms. The molecule has 1 amide bonds. The summed E-state index contributed by atoms with van der Waals surface area (Å²) < 4.78 is 4.99. The van der Waals surface area contributed by atoms with E-state index >= 15 is 0 Å². The van der Waals surface area contributed by atoms with E-state index in [2.05, 4.69) is 18.7 Å². The molecule has 4 heteroatoms. The summed E-state index contributed by atoms with van der Waals surface area (Å²) in [5.41, 5.74) is 0. The Balaban J connectivity index is 2.51. The van der Waals surface area contributed by atoms with Gasteiger partial charge in [0.25, 0.3) is 0 Å². The van der Waals surface area contributed by atoms with E-state index in [0.717, 1.165) is 19.4 Å². The first-order valence-corrected chi connectivity index (χ1v) is 6.07. The second kappa shape index (κ2) is 6.21. The third kappa shape index (κ3) is 3.19. The summed E-state index contributed by atoms with van der Waals surface area (Å²) in [6, 6.07) is 0.536. The van der Waals surface area contributed by atoms with E-state index in [0.29, 0.717) is 19.2 Å². The summed E-state index contributed by atoms with van der Waals surface area (Å²) in [6.45, 7) is 6.64. The number of nitrogens with zero attached hydrogens (tertiary/aromatic N) is 2. The van der Waals surface area contributed by atoms with Crippen molar-refractivity contribution in [2.45, 2.75) is 38.8 Å². The average Bonchev–Trinajstić information content (AvgIpc) is 2.73. The molecule has 0 aromatic rings. The first-order chi connectivity index (χ1) is 7.57. The highest BCUT2D eigenvalue weighted by Crippen LogP contribution is 2.21. The van der Waals surface area contributed by atoms with Gasteiger partial charge in [-0.2, -0.15) is 0 Å². The first kappa shape index (κ1) is 13.5. The van der Waals surface area contributed by atoms with Crippen LogP contribution in [0.25, 0.3) is 0 Å². The van der Waals surface area contributed by atoms with Crippen molar-refractivity contribution >= 4 is 5.91 Å². The van der Waals surface area contributed by atoms with Crippen LogP contribution in [-0.2, 0) is 9.53 Å². The van der Waals surface area contributed by atoms with Gasteiger partial charge in [0.15, 0.2) is 0 Å². The Morgan fingerprint density at radius 1 is 1.56 bits per heavy atom. The Morgan fingerprint density at radius 3 is 2.81 bits per heavy atom. The third-order valence-corrected chi connectivity index (χ3v) is 3.25. The monoisotopic (exact) mass is 228 g/mol. The van der Waals surface area contributed by atoms with Crippen LogP contribution in [-0.4, -0.2) is 61.6 Å². The molecule has 94 valence electrons. The van der Waals surface area contributed by atoms with Crippen LogP contribution in [0.15, 0.2) is 0 Å². The van der Waals surface area contributed by atoms with Gasteiger partial charge in [-0.25, -0.2) is 0 Å². The third-order valence-electron chi connectivity index (χ3n) is 3.25. The Hall–Kier alpha value is -0.610.